The van der Waals surface area contributed by atoms with Gasteiger partial charge in [-0.1, -0.05) is 13.8 Å². The lowest BCUT2D eigenvalue weighted by atomic mass is 10.6. The topological polar surface area (TPSA) is 59.0 Å². The minimum absolute atomic E-state index is 0.0556. The van der Waals surface area contributed by atoms with Crippen molar-refractivity contribution in [2.45, 2.75) is 13.8 Å². The molecule has 5 heteroatoms. The van der Waals surface area contributed by atoms with Crippen LogP contribution in [0.3, 0.4) is 0 Å². The maximum absolute atomic E-state index is 10.3. The summed E-state index contributed by atoms with van der Waals surface area (Å²) in [6.45, 7) is 4.57. The average Bonchev–Trinajstić information content (AvgIpc) is 1.90. The van der Waals surface area contributed by atoms with Crippen LogP contribution in [0.2, 0.25) is 0 Å². The number of nitrogens with zero attached hydrogens (tertiary/aromatic N) is 3. The summed E-state index contributed by atoms with van der Waals surface area (Å²) in [6, 6.07) is 0. The van der Waals surface area contributed by atoms with E-state index < -0.39 is 0 Å². The Bertz CT molecular complexity index is 83.9. The molecule has 0 radical (unpaired) electrons. The number of nitroso groups, excluding NO2 is 1. The first kappa shape index (κ1) is 8.32. The molecule has 0 rings (SSSR count). The fraction of sp³-hybridized carbons (Fsp3) is 1.00. The van der Waals surface area contributed by atoms with Gasteiger partial charge >= 0.3 is 0 Å². The van der Waals surface area contributed by atoms with Gasteiger partial charge in [0.1, 0.15) is 0 Å². The molecule has 9 heavy (non-hydrogen) atoms. The molecule has 0 amide bonds. The van der Waals surface area contributed by atoms with Crippen LogP contribution in [0.15, 0.2) is 5.29 Å². The highest BCUT2D eigenvalue weighted by Crippen LogP contribution is 1.93. The zero-order valence-electron chi connectivity index (χ0n) is 5.57. The van der Waals surface area contributed by atoms with Gasteiger partial charge in [0.25, 0.3) is 0 Å². The van der Waals surface area contributed by atoms with Gasteiger partial charge in [-0.15, -0.1) is 4.91 Å². The number of hydrogen-bond donors (Lipinski definition) is 0. The van der Waals surface area contributed by atoms with Crippen LogP contribution in [0.5, 0.6) is 0 Å². The fourth-order valence-electron chi connectivity index (χ4n) is 0.517. The molecule has 54 valence electrons. The number of hydrazine groups is 1. The molecule has 0 heterocycles. The molecule has 0 aliphatic rings. The van der Waals surface area contributed by atoms with E-state index in [4.69, 9.17) is 0 Å². The van der Waals surface area contributed by atoms with Crippen molar-refractivity contribution in [3.05, 3.63) is 10.1 Å². The quantitative estimate of drug-likeness (QED) is 0.417. The Labute approximate surface area is 53.7 Å². The largest absolute Gasteiger partial charge is 0.724 e. The minimum atomic E-state index is 0.0556. The van der Waals surface area contributed by atoms with Crippen molar-refractivity contribution < 1.29 is 0 Å². The molecule has 0 aliphatic heterocycles. The van der Waals surface area contributed by atoms with Crippen molar-refractivity contribution in [1.82, 2.24) is 10.3 Å². The van der Waals surface area contributed by atoms with E-state index in [1.54, 1.807) is 13.8 Å². The third kappa shape index (κ3) is 2.39. The van der Waals surface area contributed by atoms with Gasteiger partial charge in [-0.05, 0) is 0 Å². The zero-order valence-corrected chi connectivity index (χ0v) is 5.57. The highest BCUT2D eigenvalue weighted by atomic mass is 16.6. The summed E-state index contributed by atoms with van der Waals surface area (Å²) in [5.41, 5.74) is 0. The van der Waals surface area contributed by atoms with Crippen LogP contribution in [0.25, 0.3) is 0 Å². The van der Waals surface area contributed by atoms with Crippen molar-refractivity contribution >= 4 is 0 Å². The standard InChI is InChI=1S/C4H10N3O2/c1-3-6(4-2)7(9)5-8/h3-4H2,1-2H3/q-1. The molecule has 0 saturated heterocycles. The molecule has 0 bridgehead atoms. The van der Waals surface area contributed by atoms with Gasteiger partial charge in [0.2, 0.25) is 0 Å². The van der Waals surface area contributed by atoms with Crippen molar-refractivity contribution in [3.8, 4) is 0 Å². The Morgan fingerprint density at radius 2 is 1.89 bits per heavy atom. The molecule has 0 saturated carbocycles. The normalized spacial score (nSPS) is 9.78. The predicted octanol–water partition coefficient (Wildman–Crippen LogP) is 0.724. The first-order valence-corrected chi connectivity index (χ1v) is 2.81. The van der Waals surface area contributed by atoms with E-state index in [9.17, 15) is 10.1 Å². The van der Waals surface area contributed by atoms with E-state index in [1.165, 1.54) is 5.01 Å². The van der Waals surface area contributed by atoms with Crippen molar-refractivity contribution in [1.29, 1.82) is 0 Å². The maximum atomic E-state index is 10.3. The molecule has 0 aromatic carbocycles. The summed E-state index contributed by atoms with van der Waals surface area (Å²) >= 11 is 0. The molecule has 0 atom stereocenters. The lowest BCUT2D eigenvalue weighted by molar-refractivity contribution is 0.0338. The second-order valence-electron chi connectivity index (χ2n) is 1.47. The molecule has 5 nitrogen and oxygen atoms in total. The molecular weight excluding hydrogens is 122 g/mol. The highest BCUT2D eigenvalue weighted by Gasteiger charge is 1.97. The second-order valence-corrected chi connectivity index (χ2v) is 1.47. The average molecular weight is 132 g/mol. The number of hydrogen-bond acceptors (Lipinski definition) is 4. The van der Waals surface area contributed by atoms with Gasteiger partial charge in [0.05, 0.1) is 5.29 Å². The van der Waals surface area contributed by atoms with Crippen LogP contribution < -0.4 is 0 Å². The van der Waals surface area contributed by atoms with E-state index in [0.29, 0.717) is 13.1 Å². The van der Waals surface area contributed by atoms with Gasteiger partial charge in [0, 0.05) is 13.1 Å². The van der Waals surface area contributed by atoms with E-state index in [0.717, 1.165) is 0 Å². The third-order valence-electron chi connectivity index (χ3n) is 1.04. The van der Waals surface area contributed by atoms with Crippen LogP contribution in [0.4, 0.5) is 0 Å². The van der Waals surface area contributed by atoms with Gasteiger partial charge < -0.3 is 5.21 Å². The van der Waals surface area contributed by atoms with Gasteiger partial charge in [-0.3, -0.25) is 5.28 Å². The summed E-state index contributed by atoms with van der Waals surface area (Å²) in [5, 5.41) is 13.8. The molecular formula is C4H10N3O2-. The molecule has 0 aromatic rings. The van der Waals surface area contributed by atoms with Crippen LogP contribution >= 0.6 is 0 Å². The molecule has 0 spiro atoms. The lowest BCUT2D eigenvalue weighted by Crippen LogP contribution is -2.33. The SMILES string of the molecule is CCN(CC)N([O-])N=O. The van der Waals surface area contributed by atoms with Crippen LogP contribution in [-0.4, -0.2) is 23.4 Å². The summed E-state index contributed by atoms with van der Waals surface area (Å²) < 4.78 is 0. The first-order valence-electron chi connectivity index (χ1n) is 2.81. The van der Waals surface area contributed by atoms with Crippen LogP contribution in [-0.2, 0) is 0 Å². The second kappa shape index (κ2) is 4.22. The molecule has 0 aromatic heterocycles. The van der Waals surface area contributed by atoms with Gasteiger partial charge in [-0.25, -0.2) is 5.01 Å². The molecule has 0 unspecified atom stereocenters. The Balaban J connectivity index is 3.63. The monoisotopic (exact) mass is 132 g/mol. The Kier molecular flexibility index (Phi) is 3.90. The van der Waals surface area contributed by atoms with E-state index in [-0.39, 0.29) is 5.28 Å². The zero-order chi connectivity index (χ0) is 7.28. The smallest absolute Gasteiger partial charge is 0.0579 e. The summed E-state index contributed by atoms with van der Waals surface area (Å²) in [6.07, 6.45) is 0. The Hall–Kier alpha value is -0.680. The minimum Gasteiger partial charge on any atom is -0.724 e. The van der Waals surface area contributed by atoms with E-state index in [2.05, 4.69) is 5.29 Å². The van der Waals surface area contributed by atoms with Gasteiger partial charge in [-0.2, -0.15) is 0 Å². The van der Waals surface area contributed by atoms with E-state index >= 15 is 0 Å². The van der Waals surface area contributed by atoms with Gasteiger partial charge in [0.15, 0.2) is 0 Å². The molecule has 0 aliphatic carbocycles. The summed E-state index contributed by atoms with van der Waals surface area (Å²) in [4.78, 5) is 9.59. The summed E-state index contributed by atoms with van der Waals surface area (Å²) in [7, 11) is 0. The molecule has 0 N–H and O–H groups in total. The summed E-state index contributed by atoms with van der Waals surface area (Å²) in [5.74, 6) is 0. The van der Waals surface area contributed by atoms with Crippen LogP contribution in [0, 0.1) is 10.1 Å². The lowest BCUT2D eigenvalue weighted by Gasteiger charge is -2.31. The van der Waals surface area contributed by atoms with E-state index in [1.807, 2.05) is 0 Å². The fourth-order valence-corrected chi connectivity index (χ4v) is 0.517. The van der Waals surface area contributed by atoms with Crippen molar-refractivity contribution in [2.75, 3.05) is 13.1 Å². The number of rotatable bonds is 4. The highest BCUT2D eigenvalue weighted by molar-refractivity contribution is 4.46. The van der Waals surface area contributed by atoms with Crippen molar-refractivity contribution in [2.24, 2.45) is 5.29 Å². The maximum Gasteiger partial charge on any atom is 0.0579 e. The van der Waals surface area contributed by atoms with Crippen LogP contribution in [0.1, 0.15) is 13.8 Å². The Morgan fingerprint density at radius 1 is 1.44 bits per heavy atom. The first-order chi connectivity index (χ1) is 4.26. The van der Waals surface area contributed by atoms with Crippen molar-refractivity contribution in [3.63, 3.8) is 0 Å². The third-order valence-corrected chi connectivity index (χ3v) is 1.04. The Morgan fingerprint density at radius 3 is 2.00 bits per heavy atom. The predicted molar refractivity (Wildman–Crippen MR) is 33.9 cm³/mol. The molecule has 0 fully saturated rings.